The number of anilines is 2. The predicted octanol–water partition coefficient (Wildman–Crippen LogP) is 2.29. The maximum atomic E-state index is 12.6. The first kappa shape index (κ1) is 17.3. The molecule has 0 bridgehead atoms. The van der Waals surface area contributed by atoms with E-state index < -0.39 is 0 Å². The summed E-state index contributed by atoms with van der Waals surface area (Å²) in [4.78, 5) is 28.0. The van der Waals surface area contributed by atoms with Crippen LogP contribution in [-0.2, 0) is 0 Å². The molecule has 2 N–H and O–H groups in total. The van der Waals surface area contributed by atoms with E-state index in [-0.39, 0.29) is 5.91 Å². The van der Waals surface area contributed by atoms with Gasteiger partial charge in [-0.2, -0.15) is 0 Å². The van der Waals surface area contributed by atoms with Crippen LogP contribution in [0.15, 0.2) is 24.5 Å². The summed E-state index contributed by atoms with van der Waals surface area (Å²) >= 11 is 0. The van der Waals surface area contributed by atoms with E-state index in [1.807, 2.05) is 43.1 Å². The number of nitrogens with one attached hydrogen (secondary N) is 2. The molecule has 1 aliphatic heterocycles. The van der Waals surface area contributed by atoms with Gasteiger partial charge >= 0.3 is 0 Å². The lowest BCUT2D eigenvalue weighted by atomic mass is 10.1. The Kier molecular flexibility index (Phi) is 5.21. The number of imidazole rings is 1. The second-order valence-corrected chi connectivity index (χ2v) is 6.75. The molecule has 1 atom stereocenters. The third-order valence-electron chi connectivity index (χ3n) is 4.53. The summed E-state index contributed by atoms with van der Waals surface area (Å²) in [5.74, 6) is 1.75. The Morgan fingerprint density at radius 1 is 1.24 bits per heavy atom. The van der Waals surface area contributed by atoms with E-state index in [2.05, 4.69) is 26.3 Å². The Labute approximate surface area is 148 Å². The number of rotatable bonds is 4. The fraction of sp³-hybridized carbons (Fsp3) is 0.500. The van der Waals surface area contributed by atoms with Crippen molar-refractivity contribution in [2.75, 3.05) is 37.4 Å². The zero-order chi connectivity index (χ0) is 17.8. The van der Waals surface area contributed by atoms with E-state index in [1.165, 1.54) is 0 Å². The van der Waals surface area contributed by atoms with E-state index >= 15 is 0 Å². The van der Waals surface area contributed by atoms with Crippen LogP contribution in [0.3, 0.4) is 0 Å². The number of hydrogen-bond donors (Lipinski definition) is 2. The minimum absolute atomic E-state index is 0.0400. The van der Waals surface area contributed by atoms with Crippen molar-refractivity contribution < 1.29 is 4.79 Å². The summed E-state index contributed by atoms with van der Waals surface area (Å²) in [7, 11) is 3.96. The summed E-state index contributed by atoms with van der Waals surface area (Å²) in [5.41, 5.74) is 1.60. The lowest BCUT2D eigenvalue weighted by molar-refractivity contribution is 0.0756. The molecule has 7 nitrogen and oxygen atoms in total. The van der Waals surface area contributed by atoms with Crippen LogP contribution in [0.5, 0.6) is 0 Å². The highest BCUT2D eigenvalue weighted by Gasteiger charge is 2.22. The maximum absolute atomic E-state index is 12.6. The molecule has 0 aliphatic carbocycles. The van der Waals surface area contributed by atoms with E-state index in [0.29, 0.717) is 11.7 Å². The maximum Gasteiger partial charge on any atom is 0.271 e. The number of aromatic amines is 1. The van der Waals surface area contributed by atoms with Crippen molar-refractivity contribution in [3.8, 4) is 0 Å². The molecule has 0 saturated carbocycles. The Hall–Kier alpha value is -2.57. The fourth-order valence-corrected chi connectivity index (χ4v) is 3.12. The molecule has 1 aliphatic rings. The Morgan fingerprint density at radius 3 is 2.72 bits per heavy atom. The summed E-state index contributed by atoms with van der Waals surface area (Å²) in [6.07, 6.45) is 6.45. The zero-order valence-electron chi connectivity index (χ0n) is 15.1. The van der Waals surface area contributed by atoms with Crippen molar-refractivity contribution in [2.24, 2.45) is 0 Å². The van der Waals surface area contributed by atoms with Crippen LogP contribution in [-0.4, -0.2) is 59.0 Å². The van der Waals surface area contributed by atoms with Crippen molar-refractivity contribution in [1.82, 2.24) is 19.9 Å². The first-order chi connectivity index (χ1) is 12.0. The molecule has 3 heterocycles. The van der Waals surface area contributed by atoms with Gasteiger partial charge in [-0.05, 0) is 38.3 Å². The zero-order valence-corrected chi connectivity index (χ0v) is 15.1. The monoisotopic (exact) mass is 342 g/mol. The number of H-pyrrole nitrogens is 1. The molecular formula is C18H26N6O. The number of aromatic nitrogens is 3. The van der Waals surface area contributed by atoms with Crippen LogP contribution >= 0.6 is 0 Å². The molecular weight excluding hydrogens is 316 g/mol. The fourth-order valence-electron chi connectivity index (χ4n) is 3.12. The third-order valence-corrected chi connectivity index (χ3v) is 4.53. The number of hydrogen-bond acceptors (Lipinski definition) is 5. The third kappa shape index (κ3) is 4.29. The van der Waals surface area contributed by atoms with Crippen LogP contribution < -0.4 is 10.2 Å². The molecule has 7 heteroatoms. The van der Waals surface area contributed by atoms with Gasteiger partial charge < -0.3 is 20.1 Å². The highest BCUT2D eigenvalue weighted by molar-refractivity contribution is 5.92. The van der Waals surface area contributed by atoms with E-state index in [4.69, 9.17) is 0 Å². The summed E-state index contributed by atoms with van der Waals surface area (Å²) in [5, 5.41) is 3.55. The van der Waals surface area contributed by atoms with Gasteiger partial charge in [-0.15, -0.1) is 0 Å². The van der Waals surface area contributed by atoms with Gasteiger partial charge in [0.25, 0.3) is 5.91 Å². The minimum Gasteiger partial charge on any atom is -0.381 e. The van der Waals surface area contributed by atoms with Crippen molar-refractivity contribution in [1.29, 1.82) is 0 Å². The first-order valence-corrected chi connectivity index (χ1v) is 8.74. The van der Waals surface area contributed by atoms with E-state index in [9.17, 15) is 4.79 Å². The lowest BCUT2D eigenvalue weighted by Gasteiger charge is -2.20. The average molecular weight is 342 g/mol. The highest BCUT2D eigenvalue weighted by atomic mass is 16.2. The lowest BCUT2D eigenvalue weighted by Crippen LogP contribution is -2.33. The molecule has 3 rings (SSSR count). The molecule has 1 fully saturated rings. The predicted molar refractivity (Wildman–Crippen MR) is 99.1 cm³/mol. The number of likely N-dealkylation sites (tertiary alicyclic amines) is 1. The van der Waals surface area contributed by atoms with Crippen LogP contribution in [0.25, 0.3) is 0 Å². The Bertz CT molecular complexity index is 709. The molecule has 2 aromatic rings. The van der Waals surface area contributed by atoms with Crippen LogP contribution in [0.1, 0.15) is 35.6 Å². The van der Waals surface area contributed by atoms with Crippen LogP contribution in [0.2, 0.25) is 0 Å². The molecule has 0 unspecified atom stereocenters. The van der Waals surface area contributed by atoms with Gasteiger partial charge in [0.1, 0.15) is 17.3 Å². The number of amides is 1. The SMILES string of the molecule is Cc1ncc(C(=O)N2CCC[C@@H](Nc3ccc(N(C)C)nc3)CC2)[nH]1. The van der Waals surface area contributed by atoms with Crippen molar-refractivity contribution in [3.63, 3.8) is 0 Å². The number of nitrogens with zero attached hydrogens (tertiary/aromatic N) is 4. The molecule has 1 amide bonds. The molecule has 0 aromatic carbocycles. The van der Waals surface area contributed by atoms with Crippen LogP contribution in [0, 0.1) is 6.92 Å². The highest BCUT2D eigenvalue weighted by Crippen LogP contribution is 2.19. The van der Waals surface area contributed by atoms with Crippen molar-refractivity contribution in [3.05, 3.63) is 36.0 Å². The van der Waals surface area contributed by atoms with Crippen molar-refractivity contribution in [2.45, 2.75) is 32.2 Å². The molecule has 2 aromatic heterocycles. The number of pyridine rings is 1. The molecule has 0 spiro atoms. The van der Waals surface area contributed by atoms with Crippen molar-refractivity contribution >= 4 is 17.4 Å². The largest absolute Gasteiger partial charge is 0.381 e. The van der Waals surface area contributed by atoms with Crippen LogP contribution in [0.4, 0.5) is 11.5 Å². The molecule has 134 valence electrons. The van der Waals surface area contributed by atoms with Gasteiger partial charge in [-0.1, -0.05) is 0 Å². The summed E-state index contributed by atoms with van der Waals surface area (Å²) in [6, 6.07) is 4.42. The molecule has 0 radical (unpaired) electrons. The van der Waals surface area contributed by atoms with Gasteiger partial charge in [0.15, 0.2) is 0 Å². The Balaban J connectivity index is 1.57. The average Bonchev–Trinajstić information content (AvgIpc) is 2.90. The van der Waals surface area contributed by atoms with Gasteiger partial charge in [-0.3, -0.25) is 4.79 Å². The summed E-state index contributed by atoms with van der Waals surface area (Å²) in [6.45, 7) is 3.39. The second kappa shape index (κ2) is 7.55. The first-order valence-electron chi connectivity index (χ1n) is 8.74. The topological polar surface area (TPSA) is 77.2 Å². The summed E-state index contributed by atoms with van der Waals surface area (Å²) < 4.78 is 0. The molecule has 25 heavy (non-hydrogen) atoms. The number of aryl methyl sites for hydroxylation is 1. The van der Waals surface area contributed by atoms with Gasteiger partial charge in [0.05, 0.1) is 18.1 Å². The van der Waals surface area contributed by atoms with Gasteiger partial charge in [-0.25, -0.2) is 9.97 Å². The number of carbonyl (C=O) groups excluding carboxylic acids is 1. The van der Waals surface area contributed by atoms with E-state index in [0.717, 1.165) is 49.7 Å². The minimum atomic E-state index is 0.0400. The quantitative estimate of drug-likeness (QED) is 0.891. The molecule has 1 saturated heterocycles. The normalized spacial score (nSPS) is 17.9. The Morgan fingerprint density at radius 2 is 2.08 bits per heavy atom. The number of carbonyl (C=O) groups is 1. The van der Waals surface area contributed by atoms with Gasteiger partial charge in [0, 0.05) is 33.2 Å². The smallest absolute Gasteiger partial charge is 0.271 e. The standard InChI is InChI=1S/C18H26N6O/c1-13-19-12-16(21-13)18(25)24-9-4-5-14(8-10-24)22-15-6-7-17(20-11-15)23(2)3/h6-7,11-12,14,22H,4-5,8-10H2,1-3H3,(H,19,21)/t14-/m1/s1. The van der Waals surface area contributed by atoms with Gasteiger partial charge in [0.2, 0.25) is 0 Å². The van der Waals surface area contributed by atoms with E-state index in [1.54, 1.807) is 6.20 Å². The second-order valence-electron chi connectivity index (χ2n) is 6.75.